The molecule has 1 aromatic carbocycles. The zero-order valence-corrected chi connectivity index (χ0v) is 9.98. The summed E-state index contributed by atoms with van der Waals surface area (Å²) in [6.45, 7) is 1.90. The Morgan fingerprint density at radius 1 is 1.44 bits per heavy atom. The van der Waals surface area contributed by atoms with Crippen LogP contribution in [0, 0.1) is 5.82 Å². The molecule has 1 atom stereocenters. The Balaban J connectivity index is 1.93. The maximum absolute atomic E-state index is 13.5. The van der Waals surface area contributed by atoms with Crippen molar-refractivity contribution in [2.75, 3.05) is 0 Å². The number of benzene rings is 1. The molecule has 1 saturated carbocycles. The lowest BCUT2D eigenvalue weighted by Crippen LogP contribution is -2.38. The highest BCUT2D eigenvalue weighted by Crippen LogP contribution is 2.19. The second-order valence-electron chi connectivity index (χ2n) is 4.14. The van der Waals surface area contributed by atoms with Crippen LogP contribution >= 0.6 is 12.2 Å². The molecule has 2 N–H and O–H groups in total. The van der Waals surface area contributed by atoms with Gasteiger partial charge < -0.3 is 10.6 Å². The summed E-state index contributed by atoms with van der Waals surface area (Å²) >= 11 is 5.15. The minimum absolute atomic E-state index is 0.111. The molecule has 1 aromatic rings. The molecule has 1 aliphatic rings. The average Bonchev–Trinajstić information content (AvgIpc) is 3.01. The van der Waals surface area contributed by atoms with Crippen molar-refractivity contribution in [3.63, 3.8) is 0 Å². The first-order valence-corrected chi connectivity index (χ1v) is 5.89. The standard InChI is InChI=1S/C12H15FN2S/c1-8(10-4-2-3-5-11(10)13)14-12(16)15-9-6-7-9/h2-5,8-9H,6-7H2,1H3,(H2,14,15,16). The molecule has 2 rings (SSSR count). The molecule has 1 fully saturated rings. The monoisotopic (exact) mass is 238 g/mol. The Morgan fingerprint density at radius 2 is 2.12 bits per heavy atom. The largest absolute Gasteiger partial charge is 0.360 e. The molecule has 0 bridgehead atoms. The third-order valence-electron chi connectivity index (χ3n) is 2.63. The summed E-state index contributed by atoms with van der Waals surface area (Å²) in [6.07, 6.45) is 2.35. The van der Waals surface area contributed by atoms with E-state index < -0.39 is 0 Å². The molecule has 0 heterocycles. The number of hydrogen-bond donors (Lipinski definition) is 2. The summed E-state index contributed by atoms with van der Waals surface area (Å²) in [4.78, 5) is 0. The van der Waals surface area contributed by atoms with Gasteiger partial charge in [0.1, 0.15) is 5.82 Å². The van der Waals surface area contributed by atoms with Crippen molar-refractivity contribution in [3.8, 4) is 0 Å². The van der Waals surface area contributed by atoms with Crippen LogP contribution in [0.25, 0.3) is 0 Å². The number of hydrogen-bond acceptors (Lipinski definition) is 1. The Labute approximate surface area is 100 Å². The highest BCUT2D eigenvalue weighted by molar-refractivity contribution is 7.80. The van der Waals surface area contributed by atoms with Crippen LogP contribution in [0.5, 0.6) is 0 Å². The Hall–Kier alpha value is -1.16. The van der Waals surface area contributed by atoms with E-state index in [-0.39, 0.29) is 11.9 Å². The minimum atomic E-state index is -0.197. The molecular weight excluding hydrogens is 223 g/mol. The van der Waals surface area contributed by atoms with Crippen molar-refractivity contribution >= 4 is 17.3 Å². The maximum atomic E-state index is 13.5. The van der Waals surface area contributed by atoms with Crippen LogP contribution in [0.3, 0.4) is 0 Å². The summed E-state index contributed by atoms with van der Waals surface area (Å²) in [5, 5.41) is 6.87. The Bertz CT molecular complexity index is 390. The van der Waals surface area contributed by atoms with Gasteiger partial charge in [-0.2, -0.15) is 0 Å². The van der Waals surface area contributed by atoms with Crippen LogP contribution in [0.2, 0.25) is 0 Å². The summed E-state index contributed by atoms with van der Waals surface area (Å²) in [5.74, 6) is -0.197. The quantitative estimate of drug-likeness (QED) is 0.791. The van der Waals surface area contributed by atoms with Crippen LogP contribution in [0.4, 0.5) is 4.39 Å². The minimum Gasteiger partial charge on any atom is -0.360 e. The maximum Gasteiger partial charge on any atom is 0.166 e. The second kappa shape index (κ2) is 4.78. The van der Waals surface area contributed by atoms with Crippen molar-refractivity contribution in [2.45, 2.75) is 31.8 Å². The zero-order valence-electron chi connectivity index (χ0n) is 9.16. The molecule has 16 heavy (non-hydrogen) atoms. The lowest BCUT2D eigenvalue weighted by molar-refractivity contribution is 0.577. The van der Waals surface area contributed by atoms with Gasteiger partial charge in [0.25, 0.3) is 0 Å². The average molecular weight is 238 g/mol. The first kappa shape index (κ1) is 11.3. The molecule has 0 aliphatic heterocycles. The molecule has 0 saturated heterocycles. The van der Waals surface area contributed by atoms with Gasteiger partial charge in [-0.3, -0.25) is 0 Å². The fourth-order valence-corrected chi connectivity index (χ4v) is 1.90. The van der Waals surface area contributed by atoms with Crippen LogP contribution < -0.4 is 10.6 Å². The molecule has 4 heteroatoms. The Morgan fingerprint density at radius 3 is 2.75 bits per heavy atom. The SMILES string of the molecule is CC(NC(=S)NC1CC1)c1ccccc1F. The molecule has 1 unspecified atom stereocenters. The van der Waals surface area contributed by atoms with Crippen molar-refractivity contribution in [1.82, 2.24) is 10.6 Å². The van der Waals surface area contributed by atoms with Gasteiger partial charge in [0.05, 0.1) is 6.04 Å². The van der Waals surface area contributed by atoms with E-state index in [1.807, 2.05) is 13.0 Å². The Kier molecular flexibility index (Phi) is 3.39. The molecule has 1 aliphatic carbocycles. The third-order valence-corrected chi connectivity index (χ3v) is 2.87. The van der Waals surface area contributed by atoms with Crippen LogP contribution in [0.1, 0.15) is 31.4 Å². The van der Waals surface area contributed by atoms with Gasteiger partial charge >= 0.3 is 0 Å². The predicted molar refractivity (Wildman–Crippen MR) is 66.7 cm³/mol. The lowest BCUT2D eigenvalue weighted by atomic mass is 10.1. The van der Waals surface area contributed by atoms with Crippen molar-refractivity contribution < 1.29 is 4.39 Å². The third kappa shape index (κ3) is 2.92. The first-order chi connectivity index (χ1) is 7.66. The van der Waals surface area contributed by atoms with Crippen molar-refractivity contribution in [3.05, 3.63) is 35.6 Å². The molecule has 2 nitrogen and oxygen atoms in total. The molecule has 0 spiro atoms. The van der Waals surface area contributed by atoms with E-state index >= 15 is 0 Å². The molecule has 0 aromatic heterocycles. The molecular formula is C12H15FN2S. The summed E-state index contributed by atoms with van der Waals surface area (Å²) in [6, 6.07) is 7.16. The number of nitrogens with one attached hydrogen (secondary N) is 2. The van der Waals surface area contributed by atoms with E-state index in [9.17, 15) is 4.39 Å². The predicted octanol–water partition coefficient (Wildman–Crippen LogP) is 2.51. The summed E-state index contributed by atoms with van der Waals surface area (Å²) in [5.41, 5.74) is 0.641. The van der Waals surface area contributed by atoms with E-state index in [0.29, 0.717) is 16.7 Å². The second-order valence-corrected chi connectivity index (χ2v) is 4.54. The lowest BCUT2D eigenvalue weighted by Gasteiger charge is -2.17. The van der Waals surface area contributed by atoms with Gasteiger partial charge in [0.2, 0.25) is 0 Å². The van der Waals surface area contributed by atoms with E-state index in [4.69, 9.17) is 12.2 Å². The van der Waals surface area contributed by atoms with Crippen LogP contribution in [-0.4, -0.2) is 11.2 Å². The van der Waals surface area contributed by atoms with E-state index in [0.717, 1.165) is 0 Å². The highest BCUT2D eigenvalue weighted by atomic mass is 32.1. The normalized spacial score (nSPS) is 16.6. The fourth-order valence-electron chi connectivity index (χ4n) is 1.56. The number of halogens is 1. The van der Waals surface area contributed by atoms with Crippen LogP contribution in [-0.2, 0) is 0 Å². The number of rotatable bonds is 3. The van der Waals surface area contributed by atoms with Crippen LogP contribution in [0.15, 0.2) is 24.3 Å². The van der Waals surface area contributed by atoms with E-state index in [2.05, 4.69) is 10.6 Å². The van der Waals surface area contributed by atoms with E-state index in [1.165, 1.54) is 18.9 Å². The fraction of sp³-hybridized carbons (Fsp3) is 0.417. The van der Waals surface area contributed by atoms with Gasteiger partial charge in [0, 0.05) is 11.6 Å². The van der Waals surface area contributed by atoms with Crippen molar-refractivity contribution in [1.29, 1.82) is 0 Å². The van der Waals surface area contributed by atoms with Gasteiger partial charge in [0.15, 0.2) is 5.11 Å². The van der Waals surface area contributed by atoms with Gasteiger partial charge in [-0.05, 0) is 38.0 Å². The van der Waals surface area contributed by atoms with Gasteiger partial charge in [-0.25, -0.2) is 4.39 Å². The van der Waals surface area contributed by atoms with Crippen molar-refractivity contribution in [2.24, 2.45) is 0 Å². The number of thiocarbonyl (C=S) groups is 1. The smallest absolute Gasteiger partial charge is 0.166 e. The highest BCUT2D eigenvalue weighted by Gasteiger charge is 2.22. The summed E-state index contributed by atoms with van der Waals surface area (Å²) < 4.78 is 13.5. The first-order valence-electron chi connectivity index (χ1n) is 5.48. The van der Waals surface area contributed by atoms with Gasteiger partial charge in [-0.1, -0.05) is 18.2 Å². The summed E-state index contributed by atoms with van der Waals surface area (Å²) in [7, 11) is 0. The van der Waals surface area contributed by atoms with E-state index in [1.54, 1.807) is 12.1 Å². The molecule has 86 valence electrons. The topological polar surface area (TPSA) is 24.1 Å². The molecule has 0 radical (unpaired) electrons. The zero-order chi connectivity index (χ0) is 11.5. The molecule has 0 amide bonds. The van der Waals surface area contributed by atoms with Gasteiger partial charge in [-0.15, -0.1) is 0 Å².